The van der Waals surface area contributed by atoms with E-state index in [0.717, 1.165) is 10.6 Å². The van der Waals surface area contributed by atoms with Crippen molar-refractivity contribution in [1.82, 2.24) is 5.32 Å². The maximum absolute atomic E-state index is 12.0. The largest absolute Gasteiger partial charge is 0.481 e. The number of carbonyl (C=O) groups excluding carboxylic acids is 1. The highest BCUT2D eigenvalue weighted by molar-refractivity contribution is 7.99. The number of hydrogen-bond donors (Lipinski definition) is 2. The molecule has 1 saturated carbocycles. The van der Waals surface area contributed by atoms with E-state index in [1.807, 2.05) is 44.2 Å². The van der Waals surface area contributed by atoms with Gasteiger partial charge in [-0.1, -0.05) is 32.0 Å². The molecule has 1 aliphatic rings. The number of aliphatic carboxylic acids is 1. The minimum atomic E-state index is -0.881. The molecular weight excluding hydrogens is 274 g/mol. The summed E-state index contributed by atoms with van der Waals surface area (Å²) in [7, 11) is 0. The molecule has 108 valence electrons. The smallest absolute Gasteiger partial charge is 0.307 e. The van der Waals surface area contributed by atoms with Gasteiger partial charge in [0.1, 0.15) is 0 Å². The van der Waals surface area contributed by atoms with Gasteiger partial charge in [0.25, 0.3) is 0 Å². The van der Waals surface area contributed by atoms with E-state index in [4.69, 9.17) is 5.11 Å². The highest BCUT2D eigenvalue weighted by Crippen LogP contribution is 2.58. The lowest BCUT2D eigenvalue weighted by atomic mass is 10.1. The Kier molecular flexibility index (Phi) is 4.38. The molecule has 1 aromatic carbocycles. The lowest BCUT2D eigenvalue weighted by Gasteiger charge is -2.06. The van der Waals surface area contributed by atoms with Gasteiger partial charge in [0.15, 0.2) is 0 Å². The minimum absolute atomic E-state index is 0.143. The molecule has 2 unspecified atom stereocenters. The standard InChI is InChI=1S/C15H19NO3S/c1-15(2)11(12(15)14(18)19)13(17)16-8-9-20-10-6-4-3-5-7-10/h3-7,11-12H,8-9H2,1-2H3,(H,16,17)(H,18,19). The van der Waals surface area contributed by atoms with E-state index in [2.05, 4.69) is 5.32 Å². The van der Waals surface area contributed by atoms with Crippen LogP contribution in [0.5, 0.6) is 0 Å². The molecule has 0 aromatic heterocycles. The van der Waals surface area contributed by atoms with Gasteiger partial charge in [-0.3, -0.25) is 9.59 Å². The predicted octanol–water partition coefficient (Wildman–Crippen LogP) is 2.25. The van der Waals surface area contributed by atoms with Gasteiger partial charge in [-0.05, 0) is 17.5 Å². The van der Waals surface area contributed by atoms with Crippen LogP contribution in [0.1, 0.15) is 13.8 Å². The summed E-state index contributed by atoms with van der Waals surface area (Å²) in [5.74, 6) is -1.20. The summed E-state index contributed by atoms with van der Waals surface area (Å²) in [5.41, 5.74) is -0.428. The second kappa shape index (κ2) is 5.87. The van der Waals surface area contributed by atoms with E-state index in [-0.39, 0.29) is 5.91 Å². The van der Waals surface area contributed by atoms with Crippen molar-refractivity contribution in [2.45, 2.75) is 18.7 Å². The summed E-state index contributed by atoms with van der Waals surface area (Å²) >= 11 is 1.67. The fraction of sp³-hybridized carbons (Fsp3) is 0.467. The average Bonchev–Trinajstić information content (AvgIpc) is 2.99. The normalized spacial score (nSPS) is 23.1. The van der Waals surface area contributed by atoms with Crippen LogP contribution < -0.4 is 5.32 Å². The first-order valence-electron chi connectivity index (χ1n) is 6.63. The Balaban J connectivity index is 1.73. The van der Waals surface area contributed by atoms with Crippen molar-refractivity contribution in [1.29, 1.82) is 0 Å². The zero-order valence-corrected chi connectivity index (χ0v) is 12.4. The SMILES string of the molecule is CC1(C)C(C(=O)O)C1C(=O)NCCSc1ccccc1. The molecule has 4 nitrogen and oxygen atoms in total. The predicted molar refractivity (Wildman–Crippen MR) is 78.6 cm³/mol. The van der Waals surface area contributed by atoms with Crippen molar-refractivity contribution < 1.29 is 14.7 Å². The third-order valence-corrected chi connectivity index (χ3v) is 4.80. The first-order chi connectivity index (χ1) is 9.44. The molecule has 20 heavy (non-hydrogen) atoms. The van der Waals surface area contributed by atoms with Crippen LogP contribution in [0.2, 0.25) is 0 Å². The van der Waals surface area contributed by atoms with Crippen molar-refractivity contribution in [3.8, 4) is 0 Å². The molecule has 0 aliphatic heterocycles. The van der Waals surface area contributed by atoms with E-state index < -0.39 is 23.2 Å². The number of rotatable bonds is 6. The Labute approximate surface area is 123 Å². The lowest BCUT2D eigenvalue weighted by molar-refractivity contribution is -0.140. The highest BCUT2D eigenvalue weighted by atomic mass is 32.2. The number of carboxylic acid groups (broad SMARTS) is 1. The van der Waals surface area contributed by atoms with Gasteiger partial charge < -0.3 is 10.4 Å². The van der Waals surface area contributed by atoms with Gasteiger partial charge in [-0.15, -0.1) is 11.8 Å². The zero-order valence-electron chi connectivity index (χ0n) is 11.6. The van der Waals surface area contributed by atoms with E-state index in [1.54, 1.807) is 11.8 Å². The summed E-state index contributed by atoms with van der Waals surface area (Å²) in [5, 5.41) is 11.9. The molecular formula is C15H19NO3S. The summed E-state index contributed by atoms with van der Waals surface area (Å²) < 4.78 is 0. The van der Waals surface area contributed by atoms with Crippen LogP contribution in [-0.2, 0) is 9.59 Å². The minimum Gasteiger partial charge on any atom is -0.481 e. The molecule has 0 bridgehead atoms. The number of benzene rings is 1. The summed E-state index contributed by atoms with van der Waals surface area (Å²) in [6, 6.07) is 9.97. The molecule has 0 saturated heterocycles. The number of carbonyl (C=O) groups is 2. The van der Waals surface area contributed by atoms with Crippen molar-refractivity contribution in [2.75, 3.05) is 12.3 Å². The third-order valence-electron chi connectivity index (χ3n) is 3.79. The summed E-state index contributed by atoms with van der Waals surface area (Å²) in [6.07, 6.45) is 0. The van der Waals surface area contributed by atoms with Crippen LogP contribution >= 0.6 is 11.8 Å². The number of nitrogens with one attached hydrogen (secondary N) is 1. The number of thioether (sulfide) groups is 1. The van der Waals surface area contributed by atoms with Crippen LogP contribution in [0.15, 0.2) is 35.2 Å². The van der Waals surface area contributed by atoms with Crippen LogP contribution in [0.4, 0.5) is 0 Å². The Hall–Kier alpha value is -1.49. The number of amides is 1. The fourth-order valence-electron chi connectivity index (χ4n) is 2.56. The maximum Gasteiger partial charge on any atom is 0.307 e. The molecule has 2 N–H and O–H groups in total. The van der Waals surface area contributed by atoms with E-state index in [9.17, 15) is 9.59 Å². The molecule has 0 radical (unpaired) electrons. The van der Waals surface area contributed by atoms with Crippen LogP contribution in [0.3, 0.4) is 0 Å². The van der Waals surface area contributed by atoms with Gasteiger partial charge in [0.05, 0.1) is 11.8 Å². The molecule has 2 atom stereocenters. The molecule has 1 aliphatic carbocycles. The zero-order chi connectivity index (χ0) is 14.8. The second-order valence-corrected chi connectivity index (χ2v) is 6.74. The highest BCUT2D eigenvalue weighted by Gasteiger charge is 2.65. The van der Waals surface area contributed by atoms with Gasteiger partial charge >= 0.3 is 5.97 Å². The van der Waals surface area contributed by atoms with Gasteiger partial charge in [0, 0.05) is 17.2 Å². The van der Waals surface area contributed by atoms with Crippen molar-refractivity contribution >= 4 is 23.6 Å². The van der Waals surface area contributed by atoms with E-state index in [0.29, 0.717) is 6.54 Å². The van der Waals surface area contributed by atoms with Crippen LogP contribution in [-0.4, -0.2) is 29.3 Å². The monoisotopic (exact) mass is 293 g/mol. The molecule has 1 amide bonds. The Morgan fingerprint density at radius 2 is 1.90 bits per heavy atom. The Morgan fingerprint density at radius 3 is 2.45 bits per heavy atom. The van der Waals surface area contributed by atoms with Crippen LogP contribution in [0, 0.1) is 17.3 Å². The van der Waals surface area contributed by atoms with Crippen molar-refractivity contribution in [3.63, 3.8) is 0 Å². The molecule has 2 rings (SSSR count). The maximum atomic E-state index is 12.0. The van der Waals surface area contributed by atoms with Crippen molar-refractivity contribution in [3.05, 3.63) is 30.3 Å². The fourth-order valence-corrected chi connectivity index (χ4v) is 3.35. The first kappa shape index (κ1) is 14.9. The summed E-state index contributed by atoms with van der Waals surface area (Å²) in [4.78, 5) is 24.2. The van der Waals surface area contributed by atoms with Crippen LogP contribution in [0.25, 0.3) is 0 Å². The average molecular weight is 293 g/mol. The van der Waals surface area contributed by atoms with E-state index >= 15 is 0 Å². The molecule has 1 fully saturated rings. The van der Waals surface area contributed by atoms with Gasteiger partial charge in [-0.25, -0.2) is 0 Å². The molecule has 1 aromatic rings. The molecule has 0 spiro atoms. The van der Waals surface area contributed by atoms with Gasteiger partial charge in [0.2, 0.25) is 5.91 Å². The number of hydrogen-bond acceptors (Lipinski definition) is 3. The molecule has 0 heterocycles. The third kappa shape index (κ3) is 3.15. The number of carboxylic acids is 1. The Morgan fingerprint density at radius 1 is 1.25 bits per heavy atom. The molecule has 5 heteroatoms. The lowest BCUT2D eigenvalue weighted by Crippen LogP contribution is -2.29. The summed E-state index contributed by atoms with van der Waals surface area (Å²) in [6.45, 7) is 4.21. The first-order valence-corrected chi connectivity index (χ1v) is 7.61. The topological polar surface area (TPSA) is 66.4 Å². The quantitative estimate of drug-likeness (QED) is 0.623. The van der Waals surface area contributed by atoms with Gasteiger partial charge in [-0.2, -0.15) is 0 Å². The van der Waals surface area contributed by atoms with Crippen molar-refractivity contribution in [2.24, 2.45) is 17.3 Å². The Bertz CT molecular complexity index is 501. The van der Waals surface area contributed by atoms with E-state index in [1.165, 1.54) is 0 Å². The second-order valence-electron chi connectivity index (χ2n) is 5.57.